The number of nitrogens with one attached hydrogen (secondary N) is 1. The lowest BCUT2D eigenvalue weighted by Gasteiger charge is -2.25. The van der Waals surface area contributed by atoms with Gasteiger partial charge in [-0.2, -0.15) is 0 Å². The number of aliphatic hydroxyl groups is 1. The first-order valence-corrected chi connectivity index (χ1v) is 10.5. The van der Waals surface area contributed by atoms with Gasteiger partial charge in [-0.1, -0.05) is 35.9 Å². The summed E-state index contributed by atoms with van der Waals surface area (Å²) in [6, 6.07) is 13.6. The number of hydrogen-bond donors (Lipinski definition) is 2. The highest BCUT2D eigenvalue weighted by molar-refractivity contribution is 6.33. The van der Waals surface area contributed by atoms with Gasteiger partial charge in [0.2, 0.25) is 0 Å². The van der Waals surface area contributed by atoms with Gasteiger partial charge in [-0.15, -0.1) is 0 Å². The van der Waals surface area contributed by atoms with Crippen molar-refractivity contribution in [3.05, 3.63) is 75.7 Å². The third-order valence-electron chi connectivity index (χ3n) is 5.35. The molecule has 1 aliphatic heterocycles. The SMILES string of the molecule is O=[N+]([O-])c1cccc(OC[C@H](O)CN2CCC[C@H]2c2ncc(-c3ccccc3Cl)[nH]2)c1. The minimum absolute atomic E-state index is 0.0428. The van der Waals surface area contributed by atoms with E-state index in [0.717, 1.165) is 36.5 Å². The summed E-state index contributed by atoms with van der Waals surface area (Å²) < 4.78 is 5.57. The number of halogens is 1. The summed E-state index contributed by atoms with van der Waals surface area (Å²) in [5.74, 6) is 1.21. The highest BCUT2D eigenvalue weighted by Crippen LogP contribution is 2.33. The number of likely N-dealkylation sites (tertiary alicyclic amines) is 1. The number of β-amino-alcohol motifs (C(OH)–C–C–N with tert-alkyl or cyclic N) is 1. The molecule has 1 aliphatic rings. The second-order valence-electron chi connectivity index (χ2n) is 7.53. The molecule has 0 radical (unpaired) electrons. The fourth-order valence-corrected chi connectivity index (χ4v) is 4.12. The molecule has 1 aromatic heterocycles. The summed E-state index contributed by atoms with van der Waals surface area (Å²) in [4.78, 5) is 20.5. The van der Waals surface area contributed by atoms with E-state index < -0.39 is 11.0 Å². The summed E-state index contributed by atoms with van der Waals surface area (Å²) in [7, 11) is 0. The van der Waals surface area contributed by atoms with Crippen LogP contribution in [0.4, 0.5) is 5.69 Å². The Kier molecular flexibility index (Phi) is 6.50. The van der Waals surface area contributed by atoms with Crippen LogP contribution in [0.1, 0.15) is 24.7 Å². The smallest absolute Gasteiger partial charge is 0.273 e. The van der Waals surface area contributed by atoms with E-state index in [1.807, 2.05) is 24.3 Å². The minimum Gasteiger partial charge on any atom is -0.491 e. The number of nitro groups is 1. The van der Waals surface area contributed by atoms with Crippen molar-refractivity contribution in [2.45, 2.75) is 25.0 Å². The Morgan fingerprint density at radius 1 is 1.32 bits per heavy atom. The Labute approximate surface area is 184 Å². The molecule has 1 fully saturated rings. The van der Waals surface area contributed by atoms with Crippen molar-refractivity contribution >= 4 is 17.3 Å². The number of H-pyrrole nitrogens is 1. The molecule has 2 aromatic carbocycles. The molecule has 9 heteroatoms. The number of rotatable bonds is 8. The Bertz CT molecular complexity index is 1060. The Hall–Kier alpha value is -2.94. The number of aromatic nitrogens is 2. The van der Waals surface area contributed by atoms with Crippen LogP contribution in [0.25, 0.3) is 11.3 Å². The molecule has 3 aromatic rings. The molecule has 8 nitrogen and oxygen atoms in total. The van der Waals surface area contributed by atoms with Gasteiger partial charge in [-0.25, -0.2) is 4.98 Å². The third kappa shape index (κ3) is 5.04. The minimum atomic E-state index is -0.738. The topological polar surface area (TPSA) is 105 Å². The molecule has 0 unspecified atom stereocenters. The van der Waals surface area contributed by atoms with E-state index in [1.54, 1.807) is 18.3 Å². The first-order valence-electron chi connectivity index (χ1n) is 10.1. The number of benzene rings is 2. The van der Waals surface area contributed by atoms with E-state index in [9.17, 15) is 15.2 Å². The van der Waals surface area contributed by atoms with Crippen LogP contribution in [0.5, 0.6) is 5.75 Å². The van der Waals surface area contributed by atoms with Crippen LogP contribution < -0.4 is 4.74 Å². The number of nitro benzene ring substituents is 1. The number of ether oxygens (including phenoxy) is 1. The first-order chi connectivity index (χ1) is 15.0. The summed E-state index contributed by atoms with van der Waals surface area (Å²) >= 11 is 6.30. The van der Waals surface area contributed by atoms with E-state index >= 15 is 0 Å². The maximum Gasteiger partial charge on any atom is 0.273 e. The maximum absolute atomic E-state index is 10.9. The van der Waals surface area contributed by atoms with E-state index in [4.69, 9.17) is 16.3 Å². The Morgan fingerprint density at radius 3 is 2.97 bits per heavy atom. The summed E-state index contributed by atoms with van der Waals surface area (Å²) in [6.07, 6.45) is 2.99. The zero-order valence-electron chi connectivity index (χ0n) is 16.8. The highest BCUT2D eigenvalue weighted by atomic mass is 35.5. The largest absolute Gasteiger partial charge is 0.491 e. The average molecular weight is 443 g/mol. The van der Waals surface area contributed by atoms with Crippen LogP contribution in [0.15, 0.2) is 54.7 Å². The number of aromatic amines is 1. The molecule has 2 atom stereocenters. The van der Waals surface area contributed by atoms with E-state index in [0.29, 0.717) is 17.3 Å². The van der Waals surface area contributed by atoms with Gasteiger partial charge in [0, 0.05) is 23.2 Å². The van der Waals surface area contributed by atoms with Gasteiger partial charge >= 0.3 is 0 Å². The van der Waals surface area contributed by atoms with Crippen molar-refractivity contribution in [3.63, 3.8) is 0 Å². The van der Waals surface area contributed by atoms with Gasteiger partial charge in [0.15, 0.2) is 0 Å². The molecule has 0 bridgehead atoms. The lowest BCUT2D eigenvalue weighted by atomic mass is 10.2. The lowest BCUT2D eigenvalue weighted by molar-refractivity contribution is -0.384. The Morgan fingerprint density at radius 2 is 2.16 bits per heavy atom. The molecule has 2 heterocycles. The van der Waals surface area contributed by atoms with Crippen LogP contribution in [-0.4, -0.2) is 50.7 Å². The Balaban J connectivity index is 1.37. The van der Waals surface area contributed by atoms with Gasteiger partial charge in [0.1, 0.15) is 24.3 Å². The van der Waals surface area contributed by atoms with E-state index in [-0.39, 0.29) is 18.3 Å². The van der Waals surface area contributed by atoms with E-state index in [2.05, 4.69) is 14.9 Å². The zero-order chi connectivity index (χ0) is 21.8. The molecule has 0 aliphatic carbocycles. The third-order valence-corrected chi connectivity index (χ3v) is 5.68. The van der Waals surface area contributed by atoms with Crippen LogP contribution in [-0.2, 0) is 0 Å². The number of nitrogens with zero attached hydrogens (tertiary/aromatic N) is 3. The fraction of sp³-hybridized carbons (Fsp3) is 0.318. The molecule has 1 saturated heterocycles. The molecule has 0 saturated carbocycles. The summed E-state index contributed by atoms with van der Waals surface area (Å²) in [5.41, 5.74) is 1.72. The molecule has 31 heavy (non-hydrogen) atoms. The molecular formula is C22H23ClN4O4. The number of hydrogen-bond acceptors (Lipinski definition) is 6. The predicted octanol–water partition coefficient (Wildman–Crippen LogP) is 4.22. The number of imidazole rings is 1. The standard InChI is InChI=1S/C22H23ClN4O4/c23-19-8-2-1-7-18(19)20-12-24-22(25-20)21-9-4-10-26(21)13-16(28)14-31-17-6-3-5-15(11-17)27(29)30/h1-3,5-8,11-12,16,21,28H,4,9-10,13-14H2,(H,24,25)/t16-,21+/m1/s1. The predicted molar refractivity (Wildman–Crippen MR) is 117 cm³/mol. The van der Waals surface area contributed by atoms with Crippen molar-refractivity contribution in [1.82, 2.24) is 14.9 Å². The molecule has 162 valence electrons. The second-order valence-corrected chi connectivity index (χ2v) is 7.94. The molecule has 0 amide bonds. The fourth-order valence-electron chi connectivity index (χ4n) is 3.88. The van der Waals surface area contributed by atoms with Gasteiger partial charge in [0.25, 0.3) is 5.69 Å². The van der Waals surface area contributed by atoms with E-state index in [1.165, 1.54) is 12.1 Å². The normalized spacial score (nSPS) is 17.5. The summed E-state index contributed by atoms with van der Waals surface area (Å²) in [5, 5.41) is 22.0. The van der Waals surface area contributed by atoms with Gasteiger partial charge in [-0.3, -0.25) is 15.0 Å². The summed E-state index contributed by atoms with van der Waals surface area (Å²) in [6.45, 7) is 1.32. The van der Waals surface area contributed by atoms with Crippen LogP contribution in [0.2, 0.25) is 5.02 Å². The van der Waals surface area contributed by atoms with Crippen LogP contribution >= 0.6 is 11.6 Å². The first kappa shape index (κ1) is 21.3. The van der Waals surface area contributed by atoms with Gasteiger partial charge < -0.3 is 14.8 Å². The molecule has 0 spiro atoms. The van der Waals surface area contributed by atoms with Crippen molar-refractivity contribution in [2.24, 2.45) is 0 Å². The number of aliphatic hydroxyl groups excluding tert-OH is 1. The van der Waals surface area contributed by atoms with Gasteiger partial charge in [0.05, 0.1) is 28.9 Å². The van der Waals surface area contributed by atoms with Crippen molar-refractivity contribution in [3.8, 4) is 17.0 Å². The van der Waals surface area contributed by atoms with Crippen LogP contribution in [0, 0.1) is 10.1 Å². The molecule has 2 N–H and O–H groups in total. The van der Waals surface area contributed by atoms with Crippen LogP contribution in [0.3, 0.4) is 0 Å². The maximum atomic E-state index is 10.9. The van der Waals surface area contributed by atoms with Crippen molar-refractivity contribution < 1.29 is 14.8 Å². The van der Waals surface area contributed by atoms with Gasteiger partial charge in [-0.05, 0) is 31.5 Å². The highest BCUT2D eigenvalue weighted by Gasteiger charge is 2.30. The second kappa shape index (κ2) is 9.47. The zero-order valence-corrected chi connectivity index (χ0v) is 17.5. The quantitative estimate of drug-likeness (QED) is 0.400. The lowest BCUT2D eigenvalue weighted by Crippen LogP contribution is -2.35. The van der Waals surface area contributed by atoms with Crippen molar-refractivity contribution in [1.29, 1.82) is 0 Å². The molecular weight excluding hydrogens is 420 g/mol. The number of non-ortho nitro benzene ring substituents is 1. The van der Waals surface area contributed by atoms with Crippen molar-refractivity contribution in [2.75, 3.05) is 19.7 Å². The average Bonchev–Trinajstić information content (AvgIpc) is 3.42. The molecule has 4 rings (SSSR count). The monoisotopic (exact) mass is 442 g/mol.